The zero-order valence-electron chi connectivity index (χ0n) is 11.0. The van der Waals surface area contributed by atoms with E-state index in [-0.39, 0.29) is 11.6 Å². The molecule has 0 saturated carbocycles. The summed E-state index contributed by atoms with van der Waals surface area (Å²) >= 11 is 0. The van der Waals surface area contributed by atoms with Crippen LogP contribution in [0, 0.1) is 0 Å². The minimum atomic E-state index is -0.292. The van der Waals surface area contributed by atoms with E-state index < -0.39 is 0 Å². The van der Waals surface area contributed by atoms with E-state index >= 15 is 0 Å². The number of primary amides is 1. The lowest BCUT2D eigenvalue weighted by molar-refractivity contribution is 0.00309. The lowest BCUT2D eigenvalue weighted by atomic mass is 9.85. The summed E-state index contributed by atoms with van der Waals surface area (Å²) in [5.74, 6) is 0. The van der Waals surface area contributed by atoms with Crippen LogP contribution in [-0.4, -0.2) is 47.5 Å². The van der Waals surface area contributed by atoms with Gasteiger partial charge in [0.2, 0.25) is 0 Å². The fourth-order valence-electron chi connectivity index (χ4n) is 2.79. The molecule has 2 amide bonds. The summed E-state index contributed by atoms with van der Waals surface area (Å²) in [6, 6.07) is 0.119. The SMILES string of the molecule is CCCCC1N(C)CCN(C(N)=O)C1(C)C. The predicted octanol–water partition coefficient (Wildman–Crippen LogP) is 1.65. The van der Waals surface area contributed by atoms with Crippen molar-refractivity contribution < 1.29 is 4.79 Å². The molecule has 4 heteroatoms. The lowest BCUT2D eigenvalue weighted by Crippen LogP contribution is -2.66. The maximum Gasteiger partial charge on any atom is 0.315 e. The van der Waals surface area contributed by atoms with E-state index in [0.717, 1.165) is 19.5 Å². The van der Waals surface area contributed by atoms with Crippen LogP contribution in [0.25, 0.3) is 0 Å². The second-order valence-electron chi connectivity index (χ2n) is 5.28. The molecule has 1 aliphatic rings. The monoisotopic (exact) mass is 227 g/mol. The number of hydrogen-bond donors (Lipinski definition) is 1. The Bertz CT molecular complexity index is 253. The Morgan fingerprint density at radius 1 is 1.44 bits per heavy atom. The highest BCUT2D eigenvalue weighted by Gasteiger charge is 2.42. The molecule has 1 aliphatic heterocycles. The van der Waals surface area contributed by atoms with Gasteiger partial charge in [0.25, 0.3) is 0 Å². The van der Waals surface area contributed by atoms with Crippen molar-refractivity contribution in [3.8, 4) is 0 Å². The number of nitrogens with two attached hydrogens (primary N) is 1. The zero-order chi connectivity index (χ0) is 12.3. The first-order chi connectivity index (χ1) is 7.41. The summed E-state index contributed by atoms with van der Waals surface area (Å²) in [6.45, 7) is 8.09. The molecule has 0 bridgehead atoms. The van der Waals surface area contributed by atoms with Crippen LogP contribution in [0.15, 0.2) is 0 Å². The van der Waals surface area contributed by atoms with Gasteiger partial charge in [-0.05, 0) is 27.3 Å². The topological polar surface area (TPSA) is 49.6 Å². The molecule has 16 heavy (non-hydrogen) atoms. The minimum absolute atomic E-state index is 0.159. The predicted molar refractivity (Wildman–Crippen MR) is 66.3 cm³/mol. The summed E-state index contributed by atoms with van der Waals surface area (Å²) < 4.78 is 0. The molecule has 1 heterocycles. The number of hydrogen-bond acceptors (Lipinski definition) is 2. The van der Waals surface area contributed by atoms with Crippen molar-refractivity contribution in [1.82, 2.24) is 9.80 Å². The van der Waals surface area contributed by atoms with Crippen LogP contribution in [0.4, 0.5) is 4.79 Å². The van der Waals surface area contributed by atoms with Crippen molar-refractivity contribution in [2.75, 3.05) is 20.1 Å². The van der Waals surface area contributed by atoms with Gasteiger partial charge in [-0.2, -0.15) is 0 Å². The third-order valence-electron chi connectivity index (χ3n) is 3.82. The normalized spacial score (nSPS) is 25.8. The first-order valence-electron chi connectivity index (χ1n) is 6.18. The largest absolute Gasteiger partial charge is 0.351 e. The van der Waals surface area contributed by atoms with Crippen molar-refractivity contribution in [3.05, 3.63) is 0 Å². The number of amides is 2. The highest BCUT2D eigenvalue weighted by molar-refractivity contribution is 5.73. The van der Waals surface area contributed by atoms with Gasteiger partial charge < -0.3 is 10.6 Å². The van der Waals surface area contributed by atoms with E-state index in [1.54, 1.807) is 0 Å². The molecule has 2 N–H and O–H groups in total. The molecule has 0 radical (unpaired) electrons. The number of carbonyl (C=O) groups excluding carboxylic acids is 1. The number of unbranched alkanes of at least 4 members (excludes halogenated alkanes) is 1. The van der Waals surface area contributed by atoms with Gasteiger partial charge in [-0.1, -0.05) is 19.8 Å². The number of likely N-dealkylation sites (N-methyl/N-ethyl adjacent to an activating group) is 1. The quantitative estimate of drug-likeness (QED) is 0.797. The number of nitrogens with zero attached hydrogens (tertiary/aromatic N) is 2. The van der Waals surface area contributed by atoms with Crippen LogP contribution < -0.4 is 5.73 Å². The van der Waals surface area contributed by atoms with Crippen molar-refractivity contribution in [1.29, 1.82) is 0 Å². The number of piperazine rings is 1. The van der Waals surface area contributed by atoms with Gasteiger partial charge in [-0.15, -0.1) is 0 Å². The Kier molecular flexibility index (Phi) is 4.19. The molecule has 1 atom stereocenters. The number of carbonyl (C=O) groups is 1. The van der Waals surface area contributed by atoms with Crippen LogP contribution in [0.5, 0.6) is 0 Å². The maximum atomic E-state index is 11.4. The van der Waals surface area contributed by atoms with Crippen LogP contribution in [0.1, 0.15) is 40.0 Å². The summed E-state index contributed by atoms with van der Waals surface area (Å²) in [4.78, 5) is 15.6. The van der Waals surface area contributed by atoms with Crippen molar-refractivity contribution >= 4 is 6.03 Å². The molecule has 0 aromatic rings. The molecule has 94 valence electrons. The van der Waals surface area contributed by atoms with E-state index in [1.165, 1.54) is 12.8 Å². The van der Waals surface area contributed by atoms with E-state index in [0.29, 0.717) is 6.04 Å². The van der Waals surface area contributed by atoms with Crippen molar-refractivity contribution in [2.24, 2.45) is 5.73 Å². The average molecular weight is 227 g/mol. The Labute approximate surface area is 98.8 Å². The highest BCUT2D eigenvalue weighted by atomic mass is 16.2. The number of rotatable bonds is 3. The van der Waals surface area contributed by atoms with Crippen molar-refractivity contribution in [2.45, 2.75) is 51.6 Å². The zero-order valence-corrected chi connectivity index (χ0v) is 11.0. The lowest BCUT2D eigenvalue weighted by Gasteiger charge is -2.51. The first kappa shape index (κ1) is 13.3. The smallest absolute Gasteiger partial charge is 0.315 e. The van der Waals surface area contributed by atoms with Gasteiger partial charge in [-0.25, -0.2) is 4.79 Å². The minimum Gasteiger partial charge on any atom is -0.351 e. The molecule has 0 aliphatic carbocycles. The second-order valence-corrected chi connectivity index (χ2v) is 5.28. The molecular weight excluding hydrogens is 202 g/mol. The van der Waals surface area contributed by atoms with Crippen LogP contribution >= 0.6 is 0 Å². The third-order valence-corrected chi connectivity index (χ3v) is 3.82. The molecule has 0 spiro atoms. The molecule has 4 nitrogen and oxygen atoms in total. The van der Waals surface area contributed by atoms with Crippen LogP contribution in [-0.2, 0) is 0 Å². The Hall–Kier alpha value is -0.770. The van der Waals surface area contributed by atoms with E-state index in [4.69, 9.17) is 5.73 Å². The van der Waals surface area contributed by atoms with Gasteiger partial charge in [0.15, 0.2) is 0 Å². The van der Waals surface area contributed by atoms with Gasteiger partial charge in [-0.3, -0.25) is 4.90 Å². The molecular formula is C12H25N3O. The van der Waals surface area contributed by atoms with Crippen LogP contribution in [0.3, 0.4) is 0 Å². The van der Waals surface area contributed by atoms with E-state index in [1.807, 2.05) is 4.90 Å². The highest BCUT2D eigenvalue weighted by Crippen LogP contribution is 2.29. The van der Waals surface area contributed by atoms with Crippen molar-refractivity contribution in [3.63, 3.8) is 0 Å². The van der Waals surface area contributed by atoms with Gasteiger partial charge in [0, 0.05) is 19.1 Å². The summed E-state index contributed by atoms with van der Waals surface area (Å²) in [5, 5.41) is 0. The Balaban J connectivity index is 2.80. The molecule has 1 unspecified atom stereocenters. The summed E-state index contributed by atoms with van der Waals surface area (Å²) in [7, 11) is 2.14. The fraction of sp³-hybridized carbons (Fsp3) is 0.917. The maximum absolute atomic E-state index is 11.4. The first-order valence-corrected chi connectivity index (χ1v) is 6.18. The third kappa shape index (κ3) is 2.48. The fourth-order valence-corrected chi connectivity index (χ4v) is 2.79. The summed E-state index contributed by atoms with van der Waals surface area (Å²) in [6.07, 6.45) is 3.52. The van der Waals surface area contributed by atoms with Crippen LogP contribution in [0.2, 0.25) is 0 Å². The number of urea groups is 1. The molecule has 1 rings (SSSR count). The van der Waals surface area contributed by atoms with E-state index in [9.17, 15) is 4.79 Å². The average Bonchev–Trinajstić information content (AvgIpc) is 2.15. The second kappa shape index (κ2) is 5.04. The van der Waals surface area contributed by atoms with Gasteiger partial charge in [0.05, 0.1) is 5.54 Å². The Morgan fingerprint density at radius 3 is 2.56 bits per heavy atom. The molecule has 1 saturated heterocycles. The summed E-state index contributed by atoms with van der Waals surface area (Å²) in [5.41, 5.74) is 5.29. The van der Waals surface area contributed by atoms with Gasteiger partial charge >= 0.3 is 6.03 Å². The molecule has 0 aromatic heterocycles. The standard InChI is InChI=1S/C12H25N3O/c1-5-6-7-10-12(2,3)15(11(13)16)9-8-14(10)4/h10H,5-9H2,1-4H3,(H2,13,16). The molecule has 0 aromatic carbocycles. The Morgan fingerprint density at radius 2 is 2.06 bits per heavy atom. The van der Waals surface area contributed by atoms with E-state index in [2.05, 4.69) is 32.7 Å². The van der Waals surface area contributed by atoms with Gasteiger partial charge in [0.1, 0.15) is 0 Å². The molecule has 1 fully saturated rings.